The van der Waals surface area contributed by atoms with Crippen molar-refractivity contribution in [2.24, 2.45) is 5.92 Å². The Hall–Kier alpha value is -2.61. The summed E-state index contributed by atoms with van der Waals surface area (Å²) < 4.78 is 17.2. The van der Waals surface area contributed by atoms with E-state index in [2.05, 4.69) is 36.3 Å². The minimum Gasteiger partial charge on any atom is -0.311 e. The molecule has 1 aliphatic carbocycles. The maximum Gasteiger partial charge on any atom is 0.222 e. The van der Waals surface area contributed by atoms with Crippen molar-refractivity contribution in [3.05, 3.63) is 59.0 Å². The number of aromatic nitrogens is 4. The molecule has 1 fully saturated rings. The van der Waals surface area contributed by atoms with Crippen LogP contribution in [0.4, 0.5) is 10.2 Å². The number of anilines is 1. The van der Waals surface area contributed by atoms with Crippen molar-refractivity contribution in [3.63, 3.8) is 0 Å². The van der Waals surface area contributed by atoms with Crippen LogP contribution >= 0.6 is 15.9 Å². The maximum atomic E-state index is 14.5. The first-order valence-corrected chi connectivity index (χ1v) is 9.89. The molecular formula is C20H19BrFN5O. The molecule has 0 saturated heterocycles. The smallest absolute Gasteiger partial charge is 0.222 e. The Labute approximate surface area is 170 Å². The third-order valence-corrected chi connectivity index (χ3v) is 5.20. The van der Waals surface area contributed by atoms with E-state index in [0.29, 0.717) is 17.0 Å². The summed E-state index contributed by atoms with van der Waals surface area (Å²) >= 11 is 3.42. The Kier molecular flexibility index (Phi) is 5.21. The zero-order valence-corrected chi connectivity index (χ0v) is 16.9. The summed E-state index contributed by atoms with van der Waals surface area (Å²) in [7, 11) is 0. The summed E-state index contributed by atoms with van der Waals surface area (Å²) in [4.78, 5) is 19.5. The van der Waals surface area contributed by atoms with Crippen LogP contribution in [0.5, 0.6) is 0 Å². The monoisotopic (exact) mass is 443 g/mol. The molecule has 1 unspecified atom stereocenters. The Morgan fingerprint density at radius 3 is 2.79 bits per heavy atom. The van der Waals surface area contributed by atoms with Gasteiger partial charge in [0.15, 0.2) is 0 Å². The number of hydrogen-bond acceptors (Lipinski definition) is 4. The Balaban J connectivity index is 1.63. The second-order valence-electron chi connectivity index (χ2n) is 7.02. The molecule has 0 bridgehead atoms. The van der Waals surface area contributed by atoms with Crippen LogP contribution in [-0.4, -0.2) is 25.7 Å². The maximum absolute atomic E-state index is 14.5. The quantitative estimate of drug-likeness (QED) is 0.565. The fraction of sp³-hybridized carbons (Fsp3) is 0.300. The van der Waals surface area contributed by atoms with Gasteiger partial charge in [0.2, 0.25) is 11.9 Å². The minimum absolute atomic E-state index is 0.00373. The highest BCUT2D eigenvalue weighted by Crippen LogP contribution is 2.39. The molecular weight excluding hydrogens is 425 g/mol. The Morgan fingerprint density at radius 2 is 2.14 bits per heavy atom. The molecule has 28 heavy (non-hydrogen) atoms. The summed E-state index contributed by atoms with van der Waals surface area (Å²) in [5, 5.41) is 6.96. The normalized spacial score (nSPS) is 14.7. The highest BCUT2D eigenvalue weighted by Gasteiger charge is 2.28. The molecule has 0 spiro atoms. The Morgan fingerprint density at radius 1 is 1.32 bits per heavy atom. The average Bonchev–Trinajstić information content (AvgIpc) is 3.35. The van der Waals surface area contributed by atoms with E-state index < -0.39 is 5.95 Å². The number of nitrogens with zero attached hydrogens (tertiary/aromatic N) is 4. The molecule has 0 radical (unpaired) electrons. The van der Waals surface area contributed by atoms with Gasteiger partial charge in [0, 0.05) is 34.9 Å². The second kappa shape index (κ2) is 7.79. The lowest BCUT2D eigenvalue weighted by Gasteiger charge is -2.17. The fourth-order valence-corrected chi connectivity index (χ4v) is 3.40. The van der Waals surface area contributed by atoms with Crippen LogP contribution in [0, 0.1) is 11.9 Å². The lowest BCUT2D eigenvalue weighted by atomic mass is 10.1. The van der Waals surface area contributed by atoms with Crippen LogP contribution in [0.1, 0.15) is 37.9 Å². The van der Waals surface area contributed by atoms with Gasteiger partial charge in [0.1, 0.15) is 5.82 Å². The van der Waals surface area contributed by atoms with Crippen molar-refractivity contribution in [1.29, 1.82) is 0 Å². The third kappa shape index (κ3) is 4.27. The van der Waals surface area contributed by atoms with E-state index in [4.69, 9.17) is 0 Å². The minimum atomic E-state index is -0.647. The molecule has 1 saturated carbocycles. The van der Waals surface area contributed by atoms with E-state index in [9.17, 15) is 9.18 Å². The zero-order chi connectivity index (χ0) is 19.7. The molecule has 8 heteroatoms. The number of carbonyl (C=O) groups is 1. The largest absolute Gasteiger partial charge is 0.311 e. The summed E-state index contributed by atoms with van der Waals surface area (Å²) in [5.74, 6) is -0.0750. The van der Waals surface area contributed by atoms with Crippen molar-refractivity contribution in [3.8, 4) is 11.1 Å². The van der Waals surface area contributed by atoms with Crippen LogP contribution in [0.2, 0.25) is 0 Å². The Bertz CT molecular complexity index is 1000. The van der Waals surface area contributed by atoms with Gasteiger partial charge in [-0.25, -0.2) is 4.98 Å². The van der Waals surface area contributed by atoms with Gasteiger partial charge < -0.3 is 5.32 Å². The van der Waals surface area contributed by atoms with Gasteiger partial charge >= 0.3 is 0 Å². The highest BCUT2D eigenvalue weighted by molar-refractivity contribution is 9.10. The van der Waals surface area contributed by atoms with Crippen LogP contribution in [-0.2, 0) is 4.79 Å². The summed E-state index contributed by atoms with van der Waals surface area (Å²) in [6.07, 6.45) is 8.66. The van der Waals surface area contributed by atoms with Gasteiger partial charge in [-0.05, 0) is 52.5 Å². The summed E-state index contributed by atoms with van der Waals surface area (Å²) in [6.45, 7) is 1.35. The first kappa shape index (κ1) is 18.7. The number of amides is 1. The van der Waals surface area contributed by atoms with Crippen molar-refractivity contribution in [2.45, 2.75) is 32.2 Å². The van der Waals surface area contributed by atoms with Crippen molar-refractivity contribution in [1.82, 2.24) is 19.7 Å². The van der Waals surface area contributed by atoms with E-state index >= 15 is 0 Å². The van der Waals surface area contributed by atoms with Crippen molar-refractivity contribution < 1.29 is 9.18 Å². The van der Waals surface area contributed by atoms with Crippen molar-refractivity contribution in [2.75, 3.05) is 5.32 Å². The molecule has 3 aromatic heterocycles. The van der Waals surface area contributed by atoms with Gasteiger partial charge in [-0.1, -0.05) is 12.8 Å². The number of carbonyl (C=O) groups excluding carboxylic acids is 1. The molecule has 1 N–H and O–H groups in total. The predicted molar refractivity (Wildman–Crippen MR) is 107 cm³/mol. The molecule has 0 aliphatic heterocycles. The molecule has 0 aromatic carbocycles. The van der Waals surface area contributed by atoms with Gasteiger partial charge in [-0.15, -0.1) is 0 Å². The van der Waals surface area contributed by atoms with E-state index in [1.807, 2.05) is 23.0 Å². The fourth-order valence-electron chi connectivity index (χ4n) is 3.17. The molecule has 4 rings (SSSR count). The van der Waals surface area contributed by atoms with Crippen LogP contribution in [0.25, 0.3) is 11.1 Å². The number of halogens is 2. The van der Waals surface area contributed by atoms with E-state index in [1.54, 1.807) is 24.5 Å². The summed E-state index contributed by atoms with van der Waals surface area (Å²) in [6, 6.07) is 7.14. The lowest BCUT2D eigenvalue weighted by molar-refractivity contribution is -0.114. The number of hydrogen-bond donors (Lipinski definition) is 1. The number of nitrogens with one attached hydrogen (secondary N) is 1. The molecule has 1 amide bonds. The molecule has 6 nitrogen and oxygen atoms in total. The zero-order valence-electron chi connectivity index (χ0n) is 15.3. The highest BCUT2D eigenvalue weighted by atomic mass is 79.9. The number of rotatable bonds is 6. The third-order valence-electron chi connectivity index (χ3n) is 4.73. The average molecular weight is 444 g/mol. The van der Waals surface area contributed by atoms with E-state index in [-0.39, 0.29) is 17.8 Å². The molecule has 3 heterocycles. The topological polar surface area (TPSA) is 72.7 Å². The van der Waals surface area contributed by atoms with Crippen LogP contribution in [0.15, 0.2) is 47.3 Å². The molecule has 144 valence electrons. The van der Waals surface area contributed by atoms with Gasteiger partial charge in [0.25, 0.3) is 0 Å². The van der Waals surface area contributed by atoms with Crippen molar-refractivity contribution >= 4 is 27.7 Å². The second-order valence-corrected chi connectivity index (χ2v) is 7.94. The molecule has 1 atom stereocenters. The predicted octanol–water partition coefficient (Wildman–Crippen LogP) is 4.59. The standard InChI is InChI=1S/C20H19BrFN5O/c1-12(28)25-19-7-5-16(20(22)26-19)14-9-24-27(11-14)18(8-13-2-3-13)17-6-4-15(21)10-23-17/h4-7,9-11,13,18H,2-3,8H2,1H3,(H,25,26,28). The van der Waals surface area contributed by atoms with E-state index in [1.165, 1.54) is 19.8 Å². The van der Waals surface area contributed by atoms with Crippen LogP contribution in [0.3, 0.4) is 0 Å². The van der Waals surface area contributed by atoms with Gasteiger partial charge in [-0.2, -0.15) is 9.49 Å². The molecule has 3 aromatic rings. The van der Waals surface area contributed by atoms with Gasteiger partial charge in [-0.3, -0.25) is 14.5 Å². The SMILES string of the molecule is CC(=O)Nc1ccc(-c2cnn(C(CC3CC3)c3ccc(Br)cn3)c2)c(F)n1. The number of pyridine rings is 2. The first-order valence-electron chi connectivity index (χ1n) is 9.09. The molecule has 1 aliphatic rings. The lowest BCUT2D eigenvalue weighted by Crippen LogP contribution is -2.13. The van der Waals surface area contributed by atoms with E-state index in [0.717, 1.165) is 16.6 Å². The first-order chi connectivity index (χ1) is 13.5. The van der Waals surface area contributed by atoms with Gasteiger partial charge in [0.05, 0.1) is 17.9 Å². The summed E-state index contributed by atoms with van der Waals surface area (Å²) in [5.41, 5.74) is 1.91. The van der Waals surface area contributed by atoms with Crippen LogP contribution < -0.4 is 5.32 Å².